The zero-order valence-corrected chi connectivity index (χ0v) is 17.0. The molecule has 0 atom stereocenters. The smallest absolute Gasteiger partial charge is 0.252 e. The number of nitrogens with two attached hydrogens (primary N) is 1. The molecule has 3 rings (SSSR count). The number of benzene rings is 2. The summed E-state index contributed by atoms with van der Waals surface area (Å²) in [6.45, 7) is 4.13. The number of aliphatic imine (C=N–C) groups is 1. The van der Waals surface area contributed by atoms with Gasteiger partial charge in [-0.1, -0.05) is 35.3 Å². The van der Waals surface area contributed by atoms with Crippen LogP contribution in [0.5, 0.6) is 0 Å². The molecule has 0 saturated carbocycles. The molecule has 0 spiro atoms. The standard InChI is InChI=1S/C20H23Cl2N5O/c21-15-5-7-16(8-6-15)26-11-13-27(14-12-26)20(23)25-10-9-24-19(28)17-3-1-2-4-18(17)22/h1-8H,9-14H2,(H2,23,25)(H,24,28). The van der Waals surface area contributed by atoms with Crippen molar-refractivity contribution in [2.75, 3.05) is 44.2 Å². The number of carbonyl (C=O) groups is 1. The maximum Gasteiger partial charge on any atom is 0.252 e. The molecule has 6 nitrogen and oxygen atoms in total. The molecular weight excluding hydrogens is 397 g/mol. The molecule has 0 aromatic heterocycles. The van der Waals surface area contributed by atoms with E-state index in [4.69, 9.17) is 28.9 Å². The van der Waals surface area contributed by atoms with Crippen LogP contribution in [0.15, 0.2) is 53.5 Å². The van der Waals surface area contributed by atoms with Crippen molar-refractivity contribution in [3.63, 3.8) is 0 Å². The van der Waals surface area contributed by atoms with Crippen LogP contribution in [0.3, 0.4) is 0 Å². The fourth-order valence-corrected chi connectivity index (χ4v) is 3.37. The van der Waals surface area contributed by atoms with Crippen LogP contribution in [0.25, 0.3) is 0 Å². The van der Waals surface area contributed by atoms with Crippen molar-refractivity contribution in [3.8, 4) is 0 Å². The van der Waals surface area contributed by atoms with E-state index in [1.807, 2.05) is 24.3 Å². The number of hydrogen-bond donors (Lipinski definition) is 2. The zero-order chi connectivity index (χ0) is 19.9. The number of hydrogen-bond acceptors (Lipinski definition) is 3. The minimum Gasteiger partial charge on any atom is -0.370 e. The van der Waals surface area contributed by atoms with E-state index in [0.29, 0.717) is 29.6 Å². The predicted octanol–water partition coefficient (Wildman–Crippen LogP) is 2.86. The van der Waals surface area contributed by atoms with Crippen LogP contribution in [-0.4, -0.2) is 56.0 Å². The van der Waals surface area contributed by atoms with Crippen molar-refractivity contribution in [1.29, 1.82) is 0 Å². The third-order valence-corrected chi connectivity index (χ3v) is 5.17. The number of carbonyl (C=O) groups excluding carboxylic acids is 1. The summed E-state index contributed by atoms with van der Waals surface area (Å²) < 4.78 is 0. The van der Waals surface area contributed by atoms with Gasteiger partial charge in [-0.2, -0.15) is 0 Å². The van der Waals surface area contributed by atoms with E-state index in [1.165, 1.54) is 0 Å². The van der Waals surface area contributed by atoms with E-state index in [0.717, 1.165) is 36.9 Å². The first-order valence-electron chi connectivity index (χ1n) is 9.12. The van der Waals surface area contributed by atoms with Crippen molar-refractivity contribution < 1.29 is 4.79 Å². The van der Waals surface area contributed by atoms with Crippen molar-refractivity contribution in [2.24, 2.45) is 10.7 Å². The Morgan fingerprint density at radius 3 is 2.39 bits per heavy atom. The monoisotopic (exact) mass is 419 g/mol. The lowest BCUT2D eigenvalue weighted by molar-refractivity contribution is 0.0955. The Bertz CT molecular complexity index is 833. The van der Waals surface area contributed by atoms with Gasteiger partial charge in [0, 0.05) is 43.4 Å². The molecule has 8 heteroatoms. The molecule has 0 radical (unpaired) electrons. The van der Waals surface area contributed by atoms with Crippen LogP contribution in [0, 0.1) is 0 Å². The number of halogens is 2. The number of rotatable bonds is 5. The molecule has 1 heterocycles. The molecule has 0 aliphatic carbocycles. The molecule has 0 unspecified atom stereocenters. The summed E-state index contributed by atoms with van der Waals surface area (Å²) in [6, 6.07) is 14.8. The number of piperazine rings is 1. The van der Waals surface area contributed by atoms with E-state index < -0.39 is 0 Å². The number of nitrogens with one attached hydrogen (secondary N) is 1. The highest BCUT2D eigenvalue weighted by Crippen LogP contribution is 2.19. The first kappa shape index (κ1) is 20.3. The van der Waals surface area contributed by atoms with Gasteiger partial charge < -0.3 is 20.9 Å². The molecule has 0 bridgehead atoms. The SMILES string of the molecule is NC(=NCCNC(=O)c1ccccc1Cl)N1CCN(c2ccc(Cl)cc2)CC1. The van der Waals surface area contributed by atoms with E-state index in [1.54, 1.807) is 24.3 Å². The molecule has 2 aromatic carbocycles. The maximum atomic E-state index is 12.1. The van der Waals surface area contributed by atoms with Crippen LogP contribution < -0.4 is 16.0 Å². The van der Waals surface area contributed by atoms with Gasteiger partial charge in [-0.3, -0.25) is 9.79 Å². The van der Waals surface area contributed by atoms with Crippen molar-refractivity contribution in [1.82, 2.24) is 10.2 Å². The molecule has 148 valence electrons. The summed E-state index contributed by atoms with van der Waals surface area (Å²) in [4.78, 5) is 20.8. The highest BCUT2D eigenvalue weighted by atomic mass is 35.5. The maximum absolute atomic E-state index is 12.1. The summed E-state index contributed by atoms with van der Waals surface area (Å²) in [6.07, 6.45) is 0. The minimum absolute atomic E-state index is 0.212. The molecule has 1 saturated heterocycles. The van der Waals surface area contributed by atoms with Gasteiger partial charge in [0.05, 0.1) is 17.1 Å². The predicted molar refractivity (Wildman–Crippen MR) is 116 cm³/mol. The first-order valence-corrected chi connectivity index (χ1v) is 9.88. The summed E-state index contributed by atoms with van der Waals surface area (Å²) in [5.74, 6) is 0.290. The molecule has 1 aliphatic rings. The van der Waals surface area contributed by atoms with Gasteiger partial charge in [-0.05, 0) is 36.4 Å². The molecule has 1 fully saturated rings. The summed E-state index contributed by atoms with van der Waals surface area (Å²) in [7, 11) is 0. The summed E-state index contributed by atoms with van der Waals surface area (Å²) in [5, 5.41) is 3.98. The van der Waals surface area contributed by atoms with Gasteiger partial charge in [0.25, 0.3) is 5.91 Å². The average Bonchev–Trinajstić information content (AvgIpc) is 2.72. The number of guanidine groups is 1. The van der Waals surface area contributed by atoms with E-state index in [9.17, 15) is 4.79 Å². The second kappa shape index (κ2) is 9.66. The molecule has 1 amide bonds. The van der Waals surface area contributed by atoms with Crippen LogP contribution in [-0.2, 0) is 0 Å². The van der Waals surface area contributed by atoms with Gasteiger partial charge in [-0.25, -0.2) is 0 Å². The molecular formula is C20H23Cl2N5O. The Morgan fingerprint density at radius 1 is 1.04 bits per heavy atom. The summed E-state index contributed by atoms with van der Waals surface area (Å²) in [5.41, 5.74) is 7.72. The van der Waals surface area contributed by atoms with Gasteiger partial charge in [-0.15, -0.1) is 0 Å². The van der Waals surface area contributed by atoms with E-state index >= 15 is 0 Å². The Kier molecular flexibility index (Phi) is 7.01. The third-order valence-electron chi connectivity index (χ3n) is 4.59. The van der Waals surface area contributed by atoms with E-state index in [2.05, 4.69) is 20.1 Å². The molecule has 2 aromatic rings. The Labute approximate surface area is 174 Å². The van der Waals surface area contributed by atoms with E-state index in [-0.39, 0.29) is 5.91 Å². The van der Waals surface area contributed by atoms with Gasteiger partial charge in [0.2, 0.25) is 0 Å². The van der Waals surface area contributed by atoms with Gasteiger partial charge in [0.1, 0.15) is 0 Å². The van der Waals surface area contributed by atoms with Crippen molar-refractivity contribution >= 4 is 40.8 Å². The Morgan fingerprint density at radius 2 is 1.71 bits per heavy atom. The Hall–Kier alpha value is -2.44. The number of nitrogens with zero attached hydrogens (tertiary/aromatic N) is 3. The highest BCUT2D eigenvalue weighted by molar-refractivity contribution is 6.33. The average molecular weight is 420 g/mol. The minimum atomic E-state index is -0.212. The van der Waals surface area contributed by atoms with Crippen LogP contribution in [0.2, 0.25) is 10.0 Å². The summed E-state index contributed by atoms with van der Waals surface area (Å²) >= 11 is 12.0. The van der Waals surface area contributed by atoms with Gasteiger partial charge >= 0.3 is 0 Å². The topological polar surface area (TPSA) is 74.0 Å². The Balaban J connectivity index is 1.43. The van der Waals surface area contributed by atoms with Crippen LogP contribution in [0.1, 0.15) is 10.4 Å². The molecule has 28 heavy (non-hydrogen) atoms. The zero-order valence-electron chi connectivity index (χ0n) is 15.4. The lowest BCUT2D eigenvalue weighted by atomic mass is 10.2. The fraction of sp³-hybridized carbons (Fsp3) is 0.300. The van der Waals surface area contributed by atoms with Crippen LogP contribution >= 0.6 is 23.2 Å². The number of amides is 1. The third kappa shape index (κ3) is 5.30. The molecule has 1 aliphatic heterocycles. The van der Waals surface area contributed by atoms with Crippen LogP contribution in [0.4, 0.5) is 5.69 Å². The lowest BCUT2D eigenvalue weighted by Crippen LogP contribution is -2.51. The second-order valence-corrected chi connectivity index (χ2v) is 7.27. The highest BCUT2D eigenvalue weighted by Gasteiger charge is 2.18. The lowest BCUT2D eigenvalue weighted by Gasteiger charge is -2.36. The molecule has 3 N–H and O–H groups in total. The van der Waals surface area contributed by atoms with Crippen molar-refractivity contribution in [2.45, 2.75) is 0 Å². The van der Waals surface area contributed by atoms with Gasteiger partial charge in [0.15, 0.2) is 5.96 Å². The number of anilines is 1. The fourth-order valence-electron chi connectivity index (χ4n) is 3.03. The van der Waals surface area contributed by atoms with Crippen molar-refractivity contribution in [3.05, 3.63) is 64.1 Å². The normalized spacial score (nSPS) is 14.9. The largest absolute Gasteiger partial charge is 0.370 e. The first-order chi connectivity index (χ1) is 13.5. The second-order valence-electron chi connectivity index (χ2n) is 6.43. The quantitative estimate of drug-likeness (QED) is 0.443.